The van der Waals surface area contributed by atoms with Crippen LogP contribution in [0.25, 0.3) is 10.9 Å². The maximum Gasteiger partial charge on any atom is 0.251 e. The maximum absolute atomic E-state index is 12.3. The van der Waals surface area contributed by atoms with Gasteiger partial charge in [-0.15, -0.1) is 0 Å². The van der Waals surface area contributed by atoms with Crippen molar-refractivity contribution in [1.82, 2.24) is 10.4 Å². The van der Waals surface area contributed by atoms with Gasteiger partial charge in [-0.3, -0.25) is 10.2 Å². The summed E-state index contributed by atoms with van der Waals surface area (Å²) in [6.45, 7) is 5.86. The smallest absolute Gasteiger partial charge is 0.251 e. The van der Waals surface area contributed by atoms with E-state index in [1.807, 2.05) is 39.0 Å². The average Bonchev–Trinajstić information content (AvgIpc) is 2.46. The number of hydrogen-bond acceptors (Lipinski definition) is 3. The van der Waals surface area contributed by atoms with Crippen LogP contribution in [-0.2, 0) is 6.42 Å². The lowest BCUT2D eigenvalue weighted by atomic mass is 9.99. The standard InChI is InChI=1S/C16H20N4OS/c1-9-5-4-6-12-11(3)13(15(21)18-14(9)12)8-7-10(2)19-20-16(17)22/h4-6H,7-8H2,1-3H3,(H,18,21)(H3,17,20,22). The van der Waals surface area contributed by atoms with Gasteiger partial charge in [0, 0.05) is 16.7 Å². The monoisotopic (exact) mass is 316 g/mol. The predicted molar refractivity (Wildman–Crippen MR) is 95.4 cm³/mol. The minimum absolute atomic E-state index is 0.0330. The van der Waals surface area contributed by atoms with Crippen molar-refractivity contribution in [2.75, 3.05) is 0 Å². The third kappa shape index (κ3) is 3.51. The van der Waals surface area contributed by atoms with Gasteiger partial charge in [0.25, 0.3) is 5.56 Å². The third-order valence-electron chi connectivity index (χ3n) is 3.74. The van der Waals surface area contributed by atoms with Crippen molar-refractivity contribution < 1.29 is 0 Å². The molecule has 2 rings (SSSR count). The van der Waals surface area contributed by atoms with E-state index in [0.717, 1.165) is 33.3 Å². The highest BCUT2D eigenvalue weighted by atomic mass is 32.1. The van der Waals surface area contributed by atoms with Crippen LogP contribution in [0.2, 0.25) is 0 Å². The number of H-pyrrole nitrogens is 1. The molecule has 0 fully saturated rings. The Morgan fingerprint density at radius 2 is 2.14 bits per heavy atom. The topological polar surface area (TPSA) is 83.3 Å². The number of pyridine rings is 1. The first-order valence-corrected chi connectivity index (χ1v) is 7.50. The molecular weight excluding hydrogens is 296 g/mol. The Morgan fingerprint density at radius 1 is 1.41 bits per heavy atom. The zero-order valence-corrected chi connectivity index (χ0v) is 13.8. The minimum atomic E-state index is -0.0330. The minimum Gasteiger partial charge on any atom is -0.375 e. The molecule has 0 amide bonds. The van der Waals surface area contributed by atoms with Crippen molar-refractivity contribution in [3.8, 4) is 0 Å². The fraction of sp³-hybridized carbons (Fsp3) is 0.312. The fourth-order valence-electron chi connectivity index (χ4n) is 2.48. The molecule has 0 unspecified atom stereocenters. The van der Waals surface area contributed by atoms with Gasteiger partial charge in [-0.25, -0.2) is 0 Å². The van der Waals surface area contributed by atoms with Crippen LogP contribution in [0.15, 0.2) is 28.1 Å². The third-order valence-corrected chi connectivity index (χ3v) is 3.83. The Hall–Kier alpha value is -2.21. The predicted octanol–water partition coefficient (Wildman–Crippen LogP) is 2.29. The number of aryl methyl sites for hydroxylation is 2. The Balaban J connectivity index is 2.31. The number of rotatable bonds is 4. The number of benzene rings is 1. The number of para-hydroxylation sites is 1. The van der Waals surface area contributed by atoms with Crippen LogP contribution < -0.4 is 16.7 Å². The largest absolute Gasteiger partial charge is 0.375 e. The quantitative estimate of drug-likeness (QED) is 0.459. The fourth-order valence-corrected chi connectivity index (χ4v) is 2.53. The molecule has 0 atom stereocenters. The highest BCUT2D eigenvalue weighted by Gasteiger charge is 2.10. The Morgan fingerprint density at radius 3 is 2.82 bits per heavy atom. The van der Waals surface area contributed by atoms with Gasteiger partial charge >= 0.3 is 0 Å². The number of nitrogens with one attached hydrogen (secondary N) is 2. The van der Waals surface area contributed by atoms with Crippen LogP contribution in [-0.4, -0.2) is 15.8 Å². The molecule has 0 radical (unpaired) electrons. The molecule has 0 bridgehead atoms. The number of aromatic nitrogens is 1. The molecule has 0 aliphatic rings. The summed E-state index contributed by atoms with van der Waals surface area (Å²) < 4.78 is 0. The van der Waals surface area contributed by atoms with Gasteiger partial charge in [0.2, 0.25) is 0 Å². The van der Waals surface area contributed by atoms with Crippen molar-refractivity contribution in [3.63, 3.8) is 0 Å². The molecule has 2 aromatic rings. The lowest BCUT2D eigenvalue weighted by molar-refractivity contribution is 0.948. The van der Waals surface area contributed by atoms with Crippen LogP contribution in [0, 0.1) is 13.8 Å². The van der Waals surface area contributed by atoms with Crippen LogP contribution in [0.1, 0.15) is 30.0 Å². The van der Waals surface area contributed by atoms with Crippen LogP contribution in [0.5, 0.6) is 0 Å². The second-order valence-corrected chi connectivity index (χ2v) is 5.82. The Kier molecular flexibility index (Phi) is 4.92. The highest BCUT2D eigenvalue weighted by molar-refractivity contribution is 7.80. The van der Waals surface area contributed by atoms with Gasteiger partial charge in [-0.05, 0) is 57.0 Å². The molecule has 0 aliphatic carbocycles. The normalized spacial score (nSPS) is 11.7. The van der Waals surface area contributed by atoms with Crippen LogP contribution >= 0.6 is 12.2 Å². The second kappa shape index (κ2) is 6.70. The molecule has 1 aromatic carbocycles. The number of hydrazone groups is 1. The first kappa shape index (κ1) is 16.2. The molecule has 116 valence electrons. The molecule has 0 spiro atoms. The summed E-state index contributed by atoms with van der Waals surface area (Å²) in [4.78, 5) is 15.3. The van der Waals surface area contributed by atoms with Gasteiger partial charge in [0.1, 0.15) is 0 Å². The summed E-state index contributed by atoms with van der Waals surface area (Å²) >= 11 is 4.70. The second-order valence-electron chi connectivity index (χ2n) is 5.38. The van der Waals surface area contributed by atoms with Crippen molar-refractivity contribution in [1.29, 1.82) is 0 Å². The number of nitrogens with zero attached hydrogens (tertiary/aromatic N) is 1. The molecule has 0 aliphatic heterocycles. The summed E-state index contributed by atoms with van der Waals surface area (Å²) in [5.41, 5.74) is 12.5. The molecule has 0 saturated heterocycles. The summed E-state index contributed by atoms with van der Waals surface area (Å²) in [5, 5.41) is 5.28. The lowest BCUT2D eigenvalue weighted by Crippen LogP contribution is -2.25. The molecule has 4 N–H and O–H groups in total. The molecule has 22 heavy (non-hydrogen) atoms. The van der Waals surface area contributed by atoms with E-state index < -0.39 is 0 Å². The SMILES string of the molecule is CC(CCc1c(C)c2cccc(C)c2[nH]c1=O)=NNC(N)=S. The zero-order chi connectivity index (χ0) is 16.3. The van der Waals surface area contributed by atoms with Gasteiger partial charge in [-0.2, -0.15) is 5.10 Å². The van der Waals surface area contributed by atoms with Crippen molar-refractivity contribution in [2.45, 2.75) is 33.6 Å². The number of hydrogen-bond donors (Lipinski definition) is 3. The first-order valence-electron chi connectivity index (χ1n) is 7.10. The van der Waals surface area contributed by atoms with Gasteiger partial charge in [0.05, 0.1) is 5.52 Å². The van der Waals surface area contributed by atoms with Crippen molar-refractivity contribution in [2.24, 2.45) is 10.8 Å². The molecule has 6 heteroatoms. The number of fused-ring (bicyclic) bond motifs is 1. The average molecular weight is 316 g/mol. The van der Waals surface area contributed by atoms with Crippen LogP contribution in [0.3, 0.4) is 0 Å². The Labute approximate surface area is 134 Å². The lowest BCUT2D eigenvalue weighted by Gasteiger charge is -2.10. The molecule has 5 nitrogen and oxygen atoms in total. The van der Waals surface area contributed by atoms with E-state index in [1.165, 1.54) is 0 Å². The molecule has 1 heterocycles. The Bertz CT molecular complexity index is 808. The number of thiocarbonyl (C=S) groups is 1. The maximum atomic E-state index is 12.3. The summed E-state index contributed by atoms with van der Waals surface area (Å²) in [6.07, 6.45) is 1.29. The van der Waals surface area contributed by atoms with Crippen molar-refractivity contribution in [3.05, 3.63) is 45.2 Å². The van der Waals surface area contributed by atoms with Crippen molar-refractivity contribution >= 4 is 33.9 Å². The molecule has 1 aromatic heterocycles. The van der Waals surface area contributed by atoms with Gasteiger partial charge in [0.15, 0.2) is 5.11 Å². The summed E-state index contributed by atoms with van der Waals surface area (Å²) in [7, 11) is 0. The summed E-state index contributed by atoms with van der Waals surface area (Å²) in [6, 6.07) is 6.04. The van der Waals surface area contributed by atoms with E-state index in [-0.39, 0.29) is 10.7 Å². The van der Waals surface area contributed by atoms with E-state index >= 15 is 0 Å². The van der Waals surface area contributed by atoms with E-state index in [0.29, 0.717) is 12.8 Å². The van der Waals surface area contributed by atoms with E-state index in [4.69, 9.17) is 18.0 Å². The molecule has 0 saturated carbocycles. The van der Waals surface area contributed by atoms with E-state index in [1.54, 1.807) is 0 Å². The van der Waals surface area contributed by atoms with Gasteiger partial charge < -0.3 is 10.7 Å². The zero-order valence-electron chi connectivity index (χ0n) is 13.0. The van der Waals surface area contributed by atoms with E-state index in [2.05, 4.69) is 15.5 Å². The number of nitrogens with two attached hydrogens (primary N) is 1. The summed E-state index contributed by atoms with van der Waals surface area (Å²) in [5.74, 6) is 0. The molecular formula is C16H20N4OS. The first-order chi connectivity index (χ1) is 10.4. The number of aromatic amines is 1. The van der Waals surface area contributed by atoms with E-state index in [9.17, 15) is 4.79 Å². The highest BCUT2D eigenvalue weighted by Crippen LogP contribution is 2.20. The van der Waals surface area contributed by atoms with Crippen LogP contribution in [0.4, 0.5) is 0 Å². The van der Waals surface area contributed by atoms with Gasteiger partial charge in [-0.1, -0.05) is 18.2 Å².